The van der Waals surface area contributed by atoms with Gasteiger partial charge in [0.05, 0.1) is 0 Å². The summed E-state index contributed by atoms with van der Waals surface area (Å²) in [6.45, 7) is 4.44. The minimum atomic E-state index is 0.186. The van der Waals surface area contributed by atoms with Gasteiger partial charge in [0.25, 0.3) is 0 Å². The van der Waals surface area contributed by atoms with Gasteiger partial charge in [0.15, 0.2) is 0 Å². The van der Waals surface area contributed by atoms with Crippen LogP contribution in [0.5, 0.6) is 5.75 Å². The maximum Gasteiger partial charge on any atom is 0.119 e. The molecule has 0 bridgehead atoms. The standard InChI is InChI=1S/C15H23NO/c1-3-12-5-7-13(8-6-12)17-15-10-11(2)4-9-14(15)16/h5-8,11,14-15H,3-4,9-10,16H2,1-2H3. The molecule has 3 unspecified atom stereocenters. The van der Waals surface area contributed by atoms with Crippen LogP contribution in [0.2, 0.25) is 0 Å². The molecular formula is C15H23NO. The van der Waals surface area contributed by atoms with Crippen molar-refractivity contribution in [3.05, 3.63) is 29.8 Å². The van der Waals surface area contributed by atoms with E-state index >= 15 is 0 Å². The average molecular weight is 233 g/mol. The monoisotopic (exact) mass is 233 g/mol. The van der Waals surface area contributed by atoms with E-state index in [1.54, 1.807) is 0 Å². The molecule has 94 valence electrons. The highest BCUT2D eigenvalue weighted by Crippen LogP contribution is 2.27. The fourth-order valence-corrected chi connectivity index (χ4v) is 2.47. The second-order valence-electron chi connectivity index (χ2n) is 5.24. The second-order valence-corrected chi connectivity index (χ2v) is 5.24. The summed E-state index contributed by atoms with van der Waals surface area (Å²) in [5.41, 5.74) is 7.47. The van der Waals surface area contributed by atoms with Crippen LogP contribution in [0.4, 0.5) is 0 Å². The van der Waals surface area contributed by atoms with Crippen LogP contribution in [0, 0.1) is 5.92 Å². The van der Waals surface area contributed by atoms with Gasteiger partial charge in [-0.3, -0.25) is 0 Å². The van der Waals surface area contributed by atoms with Gasteiger partial charge in [0.2, 0.25) is 0 Å². The van der Waals surface area contributed by atoms with Crippen molar-refractivity contribution in [2.75, 3.05) is 0 Å². The van der Waals surface area contributed by atoms with Gasteiger partial charge in [-0.1, -0.05) is 26.0 Å². The molecule has 1 aliphatic rings. The highest BCUT2D eigenvalue weighted by atomic mass is 16.5. The molecule has 1 fully saturated rings. The zero-order valence-corrected chi connectivity index (χ0v) is 10.9. The van der Waals surface area contributed by atoms with Crippen molar-refractivity contribution >= 4 is 0 Å². The Morgan fingerprint density at radius 3 is 2.59 bits per heavy atom. The third-order valence-electron chi connectivity index (χ3n) is 3.72. The summed E-state index contributed by atoms with van der Waals surface area (Å²) in [4.78, 5) is 0. The summed E-state index contributed by atoms with van der Waals surface area (Å²) in [5.74, 6) is 1.69. The van der Waals surface area contributed by atoms with Gasteiger partial charge < -0.3 is 10.5 Å². The third-order valence-corrected chi connectivity index (χ3v) is 3.72. The number of hydrogen-bond donors (Lipinski definition) is 1. The molecule has 17 heavy (non-hydrogen) atoms. The van der Waals surface area contributed by atoms with Crippen molar-refractivity contribution in [3.63, 3.8) is 0 Å². The quantitative estimate of drug-likeness (QED) is 0.870. The predicted octanol–water partition coefficient (Wildman–Crippen LogP) is 3.14. The normalized spacial score (nSPS) is 29.0. The minimum absolute atomic E-state index is 0.186. The number of nitrogens with two attached hydrogens (primary N) is 1. The molecule has 2 nitrogen and oxygen atoms in total. The molecule has 0 spiro atoms. The van der Waals surface area contributed by atoms with Crippen molar-refractivity contribution in [3.8, 4) is 5.75 Å². The Labute approximate surface area is 104 Å². The Morgan fingerprint density at radius 2 is 1.94 bits per heavy atom. The Morgan fingerprint density at radius 1 is 1.24 bits per heavy atom. The maximum absolute atomic E-state index is 6.12. The molecule has 1 aromatic carbocycles. The van der Waals surface area contributed by atoms with Crippen LogP contribution in [0.15, 0.2) is 24.3 Å². The lowest BCUT2D eigenvalue weighted by molar-refractivity contribution is 0.108. The number of hydrogen-bond acceptors (Lipinski definition) is 2. The van der Waals surface area contributed by atoms with E-state index in [1.165, 1.54) is 12.0 Å². The Bertz CT molecular complexity index is 346. The first-order valence-corrected chi connectivity index (χ1v) is 6.70. The van der Waals surface area contributed by atoms with Crippen molar-refractivity contribution in [2.45, 2.75) is 51.7 Å². The SMILES string of the molecule is CCc1ccc(OC2CC(C)CCC2N)cc1. The molecule has 1 saturated carbocycles. The van der Waals surface area contributed by atoms with E-state index in [2.05, 4.69) is 38.1 Å². The minimum Gasteiger partial charge on any atom is -0.489 e. The predicted molar refractivity (Wildman–Crippen MR) is 71.2 cm³/mol. The van der Waals surface area contributed by atoms with E-state index in [4.69, 9.17) is 10.5 Å². The first-order chi connectivity index (χ1) is 8.19. The summed E-state index contributed by atoms with van der Waals surface area (Å²) in [5, 5.41) is 0. The summed E-state index contributed by atoms with van der Waals surface area (Å²) in [7, 11) is 0. The molecular weight excluding hydrogens is 210 g/mol. The molecule has 2 N–H and O–H groups in total. The van der Waals surface area contributed by atoms with Crippen LogP contribution < -0.4 is 10.5 Å². The van der Waals surface area contributed by atoms with Crippen molar-refractivity contribution in [1.82, 2.24) is 0 Å². The summed E-state index contributed by atoms with van der Waals surface area (Å²) in [6.07, 6.45) is 4.65. The van der Waals surface area contributed by atoms with Gasteiger partial charge >= 0.3 is 0 Å². The highest BCUT2D eigenvalue weighted by molar-refractivity contribution is 5.27. The number of aryl methyl sites for hydroxylation is 1. The van der Waals surface area contributed by atoms with E-state index < -0.39 is 0 Å². The van der Waals surface area contributed by atoms with E-state index in [1.807, 2.05) is 0 Å². The van der Waals surface area contributed by atoms with Gasteiger partial charge in [0, 0.05) is 6.04 Å². The Balaban J connectivity index is 1.98. The molecule has 0 amide bonds. The van der Waals surface area contributed by atoms with Crippen LogP contribution >= 0.6 is 0 Å². The van der Waals surface area contributed by atoms with Crippen LogP contribution in [0.3, 0.4) is 0 Å². The van der Waals surface area contributed by atoms with Crippen LogP contribution in [0.25, 0.3) is 0 Å². The smallest absolute Gasteiger partial charge is 0.119 e. The van der Waals surface area contributed by atoms with Crippen molar-refractivity contribution in [2.24, 2.45) is 11.7 Å². The topological polar surface area (TPSA) is 35.2 Å². The number of rotatable bonds is 3. The van der Waals surface area contributed by atoms with Gasteiger partial charge in [0.1, 0.15) is 11.9 Å². The molecule has 0 saturated heterocycles. The molecule has 0 heterocycles. The molecule has 0 aromatic heterocycles. The maximum atomic E-state index is 6.12. The number of benzene rings is 1. The van der Waals surface area contributed by atoms with Gasteiger partial charge in [-0.2, -0.15) is 0 Å². The first kappa shape index (κ1) is 12.4. The Kier molecular flexibility index (Phi) is 4.06. The zero-order valence-electron chi connectivity index (χ0n) is 10.9. The lowest BCUT2D eigenvalue weighted by Gasteiger charge is -2.32. The lowest BCUT2D eigenvalue weighted by Crippen LogP contribution is -2.43. The highest BCUT2D eigenvalue weighted by Gasteiger charge is 2.27. The van der Waals surface area contributed by atoms with Crippen LogP contribution in [-0.4, -0.2) is 12.1 Å². The van der Waals surface area contributed by atoms with Crippen LogP contribution in [-0.2, 0) is 6.42 Å². The fraction of sp³-hybridized carbons (Fsp3) is 0.600. The molecule has 2 rings (SSSR count). The lowest BCUT2D eigenvalue weighted by atomic mass is 9.85. The zero-order chi connectivity index (χ0) is 12.3. The van der Waals surface area contributed by atoms with Crippen molar-refractivity contribution < 1.29 is 4.74 Å². The molecule has 0 aliphatic heterocycles. The first-order valence-electron chi connectivity index (χ1n) is 6.70. The second kappa shape index (κ2) is 5.54. The summed E-state index contributed by atoms with van der Waals surface area (Å²) < 4.78 is 6.01. The average Bonchev–Trinajstić information content (AvgIpc) is 2.35. The van der Waals surface area contributed by atoms with E-state index in [0.29, 0.717) is 0 Å². The molecule has 1 aliphatic carbocycles. The van der Waals surface area contributed by atoms with E-state index in [9.17, 15) is 0 Å². The molecule has 1 aromatic rings. The Hall–Kier alpha value is -1.02. The molecule has 3 atom stereocenters. The summed E-state index contributed by atoms with van der Waals surface area (Å²) in [6, 6.07) is 8.58. The van der Waals surface area contributed by atoms with Gasteiger partial charge in [-0.05, 0) is 49.3 Å². The van der Waals surface area contributed by atoms with Crippen molar-refractivity contribution in [1.29, 1.82) is 0 Å². The molecule has 2 heteroatoms. The third kappa shape index (κ3) is 3.22. The van der Waals surface area contributed by atoms with Crippen LogP contribution in [0.1, 0.15) is 38.7 Å². The van der Waals surface area contributed by atoms with Gasteiger partial charge in [-0.15, -0.1) is 0 Å². The van der Waals surface area contributed by atoms with E-state index in [-0.39, 0.29) is 12.1 Å². The number of ether oxygens (including phenoxy) is 1. The largest absolute Gasteiger partial charge is 0.489 e. The summed E-state index contributed by atoms with van der Waals surface area (Å²) >= 11 is 0. The fourth-order valence-electron chi connectivity index (χ4n) is 2.47. The molecule has 0 radical (unpaired) electrons. The van der Waals surface area contributed by atoms with E-state index in [0.717, 1.165) is 30.9 Å². The van der Waals surface area contributed by atoms with Gasteiger partial charge in [-0.25, -0.2) is 0 Å².